The van der Waals surface area contributed by atoms with Crippen LogP contribution in [-0.4, -0.2) is 43.4 Å². The highest BCUT2D eigenvalue weighted by Crippen LogP contribution is 2.44. The maximum absolute atomic E-state index is 12.7. The van der Waals surface area contributed by atoms with Crippen LogP contribution >= 0.6 is 0 Å². The van der Waals surface area contributed by atoms with Crippen LogP contribution in [0.15, 0.2) is 24.3 Å². The molecule has 1 spiro atoms. The summed E-state index contributed by atoms with van der Waals surface area (Å²) in [4.78, 5) is 38.9. The first-order valence-electron chi connectivity index (χ1n) is 7.43. The molecule has 2 saturated heterocycles. The fraction of sp³-hybridized carbons (Fsp3) is 0.438. The zero-order valence-corrected chi connectivity index (χ0v) is 12.0. The minimum atomic E-state index is -1.22. The lowest BCUT2D eigenvalue weighted by Crippen LogP contribution is -2.69. The lowest BCUT2D eigenvalue weighted by atomic mass is 9.65. The predicted molar refractivity (Wildman–Crippen MR) is 77.3 cm³/mol. The van der Waals surface area contributed by atoms with Crippen molar-refractivity contribution in [2.45, 2.75) is 18.9 Å². The Balaban J connectivity index is 1.88. The van der Waals surface area contributed by atoms with E-state index in [9.17, 15) is 14.4 Å². The van der Waals surface area contributed by atoms with Crippen molar-refractivity contribution in [2.75, 3.05) is 24.7 Å². The molecule has 2 amide bonds. The van der Waals surface area contributed by atoms with Gasteiger partial charge >= 0.3 is 0 Å². The number of imide groups is 1. The summed E-state index contributed by atoms with van der Waals surface area (Å²) in [5, 5.41) is 2.35. The van der Waals surface area contributed by atoms with Crippen molar-refractivity contribution in [3.05, 3.63) is 29.8 Å². The van der Waals surface area contributed by atoms with E-state index in [-0.39, 0.29) is 18.2 Å². The Kier molecular flexibility index (Phi) is 2.84. The first-order valence-corrected chi connectivity index (χ1v) is 7.43. The molecule has 4 rings (SSSR count). The molecule has 22 heavy (non-hydrogen) atoms. The molecule has 2 atom stereocenters. The zero-order valence-electron chi connectivity index (χ0n) is 12.0. The fourth-order valence-corrected chi connectivity index (χ4v) is 3.89. The molecule has 0 bridgehead atoms. The van der Waals surface area contributed by atoms with E-state index < -0.39 is 17.2 Å². The molecule has 1 aromatic rings. The fourth-order valence-electron chi connectivity index (χ4n) is 3.89. The van der Waals surface area contributed by atoms with Gasteiger partial charge in [-0.1, -0.05) is 18.2 Å². The normalized spacial score (nSPS) is 30.8. The van der Waals surface area contributed by atoms with Crippen LogP contribution in [0, 0.1) is 5.41 Å². The summed E-state index contributed by atoms with van der Waals surface area (Å²) < 4.78 is 5.55. The Morgan fingerprint density at radius 2 is 2.05 bits per heavy atom. The first-order chi connectivity index (χ1) is 10.6. The molecule has 6 nitrogen and oxygen atoms in total. The Morgan fingerprint density at radius 1 is 1.23 bits per heavy atom. The number of fused-ring (bicyclic) bond motifs is 4. The number of carbonyl (C=O) groups excluding carboxylic acids is 3. The number of ether oxygens (including phenoxy) is 1. The number of anilines is 1. The minimum absolute atomic E-state index is 0.238. The van der Waals surface area contributed by atoms with Gasteiger partial charge in [-0.25, -0.2) is 0 Å². The highest BCUT2D eigenvalue weighted by atomic mass is 16.5. The van der Waals surface area contributed by atoms with Crippen molar-refractivity contribution < 1.29 is 19.1 Å². The van der Waals surface area contributed by atoms with Gasteiger partial charge in [-0.15, -0.1) is 0 Å². The average molecular weight is 300 g/mol. The van der Waals surface area contributed by atoms with Crippen molar-refractivity contribution in [1.29, 1.82) is 0 Å². The number of piperidine rings is 1. The minimum Gasteiger partial charge on any atom is -0.377 e. The second-order valence-corrected chi connectivity index (χ2v) is 6.04. The van der Waals surface area contributed by atoms with Gasteiger partial charge in [0.05, 0.1) is 25.7 Å². The van der Waals surface area contributed by atoms with Crippen LogP contribution < -0.4 is 10.2 Å². The highest BCUT2D eigenvalue weighted by Gasteiger charge is 2.59. The van der Waals surface area contributed by atoms with Gasteiger partial charge in [0.15, 0.2) is 5.78 Å². The third-order valence-electron chi connectivity index (χ3n) is 4.94. The second-order valence-electron chi connectivity index (χ2n) is 6.04. The standard InChI is InChI=1S/C16H16N2O4/c19-13-7-14(20)17-15(21)16(13)8-10-3-1-2-4-11(10)18-5-6-22-9-12(16)18/h1-4,12H,5-9H2,(H,17,20,21). The van der Waals surface area contributed by atoms with Crippen LogP contribution in [0.3, 0.4) is 0 Å². The van der Waals surface area contributed by atoms with Crippen molar-refractivity contribution >= 4 is 23.3 Å². The number of carbonyl (C=O) groups is 3. The third-order valence-corrected chi connectivity index (χ3v) is 4.94. The van der Waals surface area contributed by atoms with Gasteiger partial charge in [-0.2, -0.15) is 0 Å². The predicted octanol–water partition coefficient (Wildman–Crippen LogP) is 0.0499. The molecule has 3 aliphatic heterocycles. The van der Waals surface area contributed by atoms with Crippen LogP contribution in [0.5, 0.6) is 0 Å². The van der Waals surface area contributed by atoms with E-state index in [2.05, 4.69) is 10.2 Å². The number of para-hydroxylation sites is 1. The van der Waals surface area contributed by atoms with E-state index in [4.69, 9.17) is 4.74 Å². The van der Waals surface area contributed by atoms with Crippen molar-refractivity contribution in [3.63, 3.8) is 0 Å². The Labute approximate surface area is 127 Å². The maximum Gasteiger partial charge on any atom is 0.242 e. The van der Waals surface area contributed by atoms with Gasteiger partial charge in [0.1, 0.15) is 5.41 Å². The first kappa shape index (κ1) is 13.5. The van der Waals surface area contributed by atoms with E-state index in [1.807, 2.05) is 24.3 Å². The smallest absolute Gasteiger partial charge is 0.242 e. The van der Waals surface area contributed by atoms with Gasteiger partial charge in [0.2, 0.25) is 11.8 Å². The molecule has 0 saturated carbocycles. The number of morpholine rings is 1. The summed E-state index contributed by atoms with van der Waals surface area (Å²) >= 11 is 0. The number of benzene rings is 1. The number of Topliss-reactive ketones (excluding diaryl/α,β-unsaturated/α-hetero) is 1. The number of hydrogen-bond acceptors (Lipinski definition) is 5. The van der Waals surface area contributed by atoms with Gasteiger partial charge in [-0.3, -0.25) is 19.7 Å². The summed E-state index contributed by atoms with van der Waals surface area (Å²) in [6, 6.07) is 7.47. The summed E-state index contributed by atoms with van der Waals surface area (Å²) in [6.45, 7) is 1.52. The lowest BCUT2D eigenvalue weighted by molar-refractivity contribution is -0.154. The summed E-state index contributed by atoms with van der Waals surface area (Å²) in [6.07, 6.45) is 0.0872. The average Bonchev–Trinajstić information content (AvgIpc) is 2.52. The van der Waals surface area contributed by atoms with Gasteiger partial charge in [-0.05, 0) is 18.1 Å². The Hall–Kier alpha value is -2.21. The summed E-state index contributed by atoms with van der Waals surface area (Å²) in [7, 11) is 0. The number of amides is 2. The van der Waals surface area contributed by atoms with Gasteiger partial charge in [0.25, 0.3) is 0 Å². The number of nitrogens with one attached hydrogen (secondary N) is 1. The topological polar surface area (TPSA) is 75.7 Å². The number of nitrogens with zero attached hydrogens (tertiary/aromatic N) is 1. The van der Waals surface area contributed by atoms with Crippen molar-refractivity contribution in [2.24, 2.45) is 5.41 Å². The Bertz CT molecular complexity index is 664. The van der Waals surface area contributed by atoms with E-state index in [1.54, 1.807) is 0 Å². The highest BCUT2D eigenvalue weighted by molar-refractivity contribution is 6.22. The van der Waals surface area contributed by atoms with Crippen molar-refractivity contribution in [3.8, 4) is 0 Å². The SMILES string of the molecule is O=C1CC(=O)C2(Cc3ccccc3N3CCOCC32)C(=O)N1. The molecule has 0 aromatic heterocycles. The molecule has 6 heteroatoms. The Morgan fingerprint density at radius 3 is 2.86 bits per heavy atom. The van der Waals surface area contributed by atoms with Gasteiger partial charge < -0.3 is 9.64 Å². The number of ketones is 1. The van der Waals surface area contributed by atoms with Gasteiger partial charge in [0, 0.05) is 12.2 Å². The molecule has 3 aliphatic rings. The maximum atomic E-state index is 12.7. The van der Waals surface area contributed by atoms with Crippen LogP contribution in [0.4, 0.5) is 5.69 Å². The van der Waals surface area contributed by atoms with Crippen LogP contribution in [0.2, 0.25) is 0 Å². The molecule has 1 N–H and O–H groups in total. The lowest BCUT2D eigenvalue weighted by Gasteiger charge is -2.52. The number of hydrogen-bond donors (Lipinski definition) is 1. The van der Waals surface area contributed by atoms with Crippen molar-refractivity contribution in [1.82, 2.24) is 5.32 Å². The third kappa shape index (κ3) is 1.67. The molecule has 114 valence electrons. The van der Waals surface area contributed by atoms with E-state index >= 15 is 0 Å². The van der Waals surface area contributed by atoms with Crippen LogP contribution in [0.25, 0.3) is 0 Å². The van der Waals surface area contributed by atoms with E-state index in [0.717, 1.165) is 11.3 Å². The largest absolute Gasteiger partial charge is 0.377 e. The molecule has 0 aliphatic carbocycles. The molecule has 2 unspecified atom stereocenters. The monoisotopic (exact) mass is 300 g/mol. The molecule has 0 radical (unpaired) electrons. The number of rotatable bonds is 0. The van der Waals surface area contributed by atoms with E-state index in [0.29, 0.717) is 26.2 Å². The van der Waals surface area contributed by atoms with E-state index in [1.165, 1.54) is 0 Å². The quantitative estimate of drug-likeness (QED) is 0.541. The van der Waals surface area contributed by atoms with Crippen LogP contribution in [-0.2, 0) is 25.5 Å². The molecule has 1 aromatic carbocycles. The molecule has 3 heterocycles. The summed E-state index contributed by atoms with van der Waals surface area (Å²) in [5.41, 5.74) is 0.806. The molecular formula is C16H16N2O4. The summed E-state index contributed by atoms with van der Waals surface area (Å²) in [5.74, 6) is -1.29. The zero-order chi connectivity index (χ0) is 15.3. The second kappa shape index (κ2) is 4.64. The molecular weight excluding hydrogens is 284 g/mol. The van der Waals surface area contributed by atoms with Crippen LogP contribution in [0.1, 0.15) is 12.0 Å². The molecule has 2 fully saturated rings.